The van der Waals surface area contributed by atoms with Crippen molar-refractivity contribution < 1.29 is 14.0 Å². The molecule has 1 N–H and O–H groups in total. The summed E-state index contributed by atoms with van der Waals surface area (Å²) in [5.74, 6) is 1.53. The molecule has 0 saturated heterocycles. The van der Waals surface area contributed by atoms with E-state index in [0.717, 1.165) is 22.6 Å². The Morgan fingerprint density at radius 1 is 0.778 bits per heavy atom. The monoisotopic (exact) mass is 380 g/mol. The second kappa shape index (κ2) is 8.51. The number of rotatable bonds is 7. The van der Waals surface area contributed by atoms with Crippen molar-refractivity contribution in [1.29, 1.82) is 0 Å². The molecule has 0 radical (unpaired) electrons. The van der Waals surface area contributed by atoms with Crippen LogP contribution in [0.5, 0.6) is 11.5 Å². The zero-order chi connectivity index (χ0) is 19.3. The lowest BCUT2D eigenvalue weighted by Gasteiger charge is -2.26. The van der Waals surface area contributed by atoms with E-state index in [-0.39, 0.29) is 12.0 Å². The molecule has 0 aromatic heterocycles. The predicted molar refractivity (Wildman–Crippen MR) is 111 cm³/mol. The highest BCUT2D eigenvalue weighted by Crippen LogP contribution is 2.33. The second-order valence-electron chi connectivity index (χ2n) is 6.98. The molecule has 0 aliphatic rings. The van der Waals surface area contributed by atoms with Gasteiger partial charge in [-0.15, -0.1) is 0 Å². The molecule has 0 atom stereocenters. The maximum Gasteiger partial charge on any atom is 0.137 e. The van der Waals surface area contributed by atoms with Crippen LogP contribution in [0.15, 0.2) is 72.8 Å². The lowest BCUT2D eigenvalue weighted by molar-refractivity contribution is 0.269. The topological polar surface area (TPSA) is 38.7 Å². The average molecular weight is 381 g/mol. The minimum Gasteiger partial charge on any atom is -0.489 e. The molecule has 0 spiro atoms. The zero-order valence-electron chi connectivity index (χ0n) is 15.6. The summed E-state index contributed by atoms with van der Waals surface area (Å²) < 4.78 is 10.8. The van der Waals surface area contributed by atoms with Crippen molar-refractivity contribution in [3.63, 3.8) is 0 Å². The van der Waals surface area contributed by atoms with Gasteiger partial charge in [-0.05, 0) is 46.5 Å². The molecule has 3 aromatic rings. The van der Waals surface area contributed by atoms with E-state index in [4.69, 9.17) is 8.92 Å². The molecule has 0 bridgehead atoms. The highest BCUT2D eigenvalue weighted by molar-refractivity contribution is 7.75. The Kier molecular flexibility index (Phi) is 6.09. The Morgan fingerprint density at radius 3 is 1.81 bits per heavy atom. The molecule has 140 valence electrons. The van der Waals surface area contributed by atoms with Gasteiger partial charge in [-0.2, -0.15) is 0 Å². The van der Waals surface area contributed by atoms with E-state index in [1.807, 2.05) is 48.5 Å². The van der Waals surface area contributed by atoms with Gasteiger partial charge in [0.15, 0.2) is 0 Å². The molecule has 3 rings (SSSR count). The molecule has 0 saturated carbocycles. The maximum absolute atomic E-state index is 9.42. The number of aliphatic hydroxyl groups excluding tert-OH is 1. The Balaban J connectivity index is 1.72. The first-order valence-corrected chi connectivity index (χ1v) is 9.24. The quantitative estimate of drug-likeness (QED) is 0.431. The summed E-state index contributed by atoms with van der Waals surface area (Å²) in [6.07, 6.45) is 0. The third-order valence-electron chi connectivity index (χ3n) is 4.94. The van der Waals surface area contributed by atoms with Crippen molar-refractivity contribution in [3.8, 4) is 11.5 Å². The van der Waals surface area contributed by atoms with Crippen LogP contribution < -0.4 is 8.92 Å². The van der Waals surface area contributed by atoms with Gasteiger partial charge in [0.1, 0.15) is 18.1 Å². The predicted octanol–water partition coefficient (Wildman–Crippen LogP) is 5.31. The van der Waals surface area contributed by atoms with Crippen molar-refractivity contribution >= 4 is 12.9 Å². The van der Waals surface area contributed by atoms with Crippen molar-refractivity contribution in [3.05, 3.63) is 95.1 Å². The molecule has 0 amide bonds. The van der Waals surface area contributed by atoms with Crippen molar-refractivity contribution in [2.75, 3.05) is 0 Å². The minimum absolute atomic E-state index is 0.0176. The Hall–Kier alpha value is -2.43. The number of ether oxygens (including phenoxy) is 1. The second-order valence-corrected chi connectivity index (χ2v) is 7.16. The molecular weight excluding hydrogens is 356 g/mol. The lowest BCUT2D eigenvalue weighted by Crippen LogP contribution is -2.18. The van der Waals surface area contributed by atoms with E-state index in [1.54, 1.807) is 0 Å². The van der Waals surface area contributed by atoms with Crippen LogP contribution in [0.2, 0.25) is 0 Å². The van der Waals surface area contributed by atoms with Gasteiger partial charge in [-0.3, -0.25) is 0 Å². The van der Waals surface area contributed by atoms with Gasteiger partial charge in [0.05, 0.1) is 6.61 Å². The molecule has 0 unspecified atom stereocenters. The van der Waals surface area contributed by atoms with Crippen LogP contribution in [0.25, 0.3) is 0 Å². The summed E-state index contributed by atoms with van der Waals surface area (Å²) >= 11 is 3.83. The normalized spacial score (nSPS) is 11.3. The van der Waals surface area contributed by atoms with Gasteiger partial charge in [-0.25, -0.2) is 0 Å². The maximum atomic E-state index is 9.42. The number of hydrogen-bond acceptors (Lipinski definition) is 4. The summed E-state index contributed by atoms with van der Waals surface area (Å²) in [7, 11) is 0. The van der Waals surface area contributed by atoms with Crippen LogP contribution in [0.4, 0.5) is 0 Å². The van der Waals surface area contributed by atoms with E-state index in [2.05, 4.69) is 51.0 Å². The summed E-state index contributed by atoms with van der Waals surface area (Å²) in [4.78, 5) is 0. The Morgan fingerprint density at radius 2 is 1.30 bits per heavy atom. The van der Waals surface area contributed by atoms with Gasteiger partial charge in [0.25, 0.3) is 0 Å². The van der Waals surface area contributed by atoms with E-state index in [1.165, 1.54) is 11.1 Å². The van der Waals surface area contributed by atoms with Crippen molar-refractivity contribution in [2.24, 2.45) is 0 Å². The molecule has 3 nitrogen and oxygen atoms in total. The fraction of sp³-hybridized carbons (Fsp3) is 0.217. The zero-order valence-corrected chi connectivity index (χ0v) is 16.4. The molecule has 0 aliphatic heterocycles. The van der Waals surface area contributed by atoms with Crippen LogP contribution >= 0.6 is 12.9 Å². The number of thiol groups is 1. The highest BCUT2D eigenvalue weighted by atomic mass is 32.1. The van der Waals surface area contributed by atoms with E-state index in [9.17, 15) is 5.11 Å². The summed E-state index contributed by atoms with van der Waals surface area (Å²) in [5.41, 5.74) is 4.14. The molecule has 0 fully saturated rings. The van der Waals surface area contributed by atoms with Crippen molar-refractivity contribution in [2.45, 2.75) is 32.5 Å². The molecular formula is C23H24O3S. The van der Waals surface area contributed by atoms with Crippen LogP contribution in [0.1, 0.15) is 36.1 Å². The fourth-order valence-corrected chi connectivity index (χ4v) is 3.20. The SMILES string of the molecule is CC(C)(c1ccc(OS)cc1)c1ccc(OCc2ccccc2CO)cc1. The molecule has 27 heavy (non-hydrogen) atoms. The standard InChI is InChI=1S/C23H24O3S/c1-23(2,20-9-13-22(26-27)14-10-20)19-7-11-21(12-8-19)25-16-18-6-4-3-5-17(18)15-24/h3-14,24,27H,15-16H2,1-2H3. The average Bonchev–Trinajstić information content (AvgIpc) is 2.72. The molecule has 3 aromatic carbocycles. The number of aliphatic hydroxyl groups is 1. The first-order valence-electron chi connectivity index (χ1n) is 8.87. The largest absolute Gasteiger partial charge is 0.489 e. The highest BCUT2D eigenvalue weighted by Gasteiger charge is 2.23. The van der Waals surface area contributed by atoms with Crippen molar-refractivity contribution in [1.82, 2.24) is 0 Å². The van der Waals surface area contributed by atoms with Crippen LogP contribution in [-0.2, 0) is 18.6 Å². The van der Waals surface area contributed by atoms with Gasteiger partial charge in [0.2, 0.25) is 0 Å². The van der Waals surface area contributed by atoms with Crippen LogP contribution in [-0.4, -0.2) is 5.11 Å². The summed E-state index contributed by atoms with van der Waals surface area (Å²) in [6, 6.07) is 23.9. The molecule has 0 heterocycles. The van der Waals surface area contributed by atoms with E-state index < -0.39 is 0 Å². The van der Waals surface area contributed by atoms with Gasteiger partial charge >= 0.3 is 0 Å². The summed E-state index contributed by atoms with van der Waals surface area (Å²) in [5, 5.41) is 9.42. The smallest absolute Gasteiger partial charge is 0.137 e. The number of benzene rings is 3. The third kappa shape index (κ3) is 4.46. The third-order valence-corrected chi connectivity index (χ3v) is 5.15. The van der Waals surface area contributed by atoms with Gasteiger partial charge in [0, 0.05) is 18.3 Å². The molecule has 0 aliphatic carbocycles. The first-order chi connectivity index (χ1) is 13.0. The Labute approximate surface area is 166 Å². The first kappa shape index (κ1) is 19.3. The minimum atomic E-state index is -0.142. The van der Waals surface area contributed by atoms with Gasteiger partial charge < -0.3 is 14.0 Å². The lowest BCUT2D eigenvalue weighted by atomic mass is 9.78. The van der Waals surface area contributed by atoms with Gasteiger partial charge in [-0.1, -0.05) is 62.4 Å². The molecule has 4 heteroatoms. The summed E-state index contributed by atoms with van der Waals surface area (Å²) in [6.45, 7) is 4.84. The van der Waals surface area contributed by atoms with Crippen LogP contribution in [0, 0.1) is 0 Å². The van der Waals surface area contributed by atoms with Crippen LogP contribution in [0.3, 0.4) is 0 Å². The fourth-order valence-electron chi connectivity index (χ4n) is 3.08. The van der Waals surface area contributed by atoms with E-state index in [0.29, 0.717) is 6.61 Å². The Bertz CT molecular complexity index is 871. The van der Waals surface area contributed by atoms with E-state index >= 15 is 0 Å². The number of hydrogen-bond donors (Lipinski definition) is 2.